The molecule has 0 spiro atoms. The van der Waals surface area contributed by atoms with Gasteiger partial charge in [-0.25, -0.2) is 19.5 Å². The molecule has 1 fully saturated rings. The van der Waals surface area contributed by atoms with Crippen LogP contribution < -0.4 is 5.32 Å². The van der Waals surface area contributed by atoms with Crippen molar-refractivity contribution in [3.63, 3.8) is 0 Å². The molecule has 4 heterocycles. The van der Waals surface area contributed by atoms with Crippen LogP contribution in [0.25, 0.3) is 27.9 Å². The lowest BCUT2D eigenvalue weighted by molar-refractivity contribution is 0.0833. The summed E-state index contributed by atoms with van der Waals surface area (Å²) in [5.74, 6) is 1.51. The first-order chi connectivity index (χ1) is 12.6. The molecule has 8 nitrogen and oxygen atoms in total. The topological polar surface area (TPSA) is 93.2 Å². The van der Waals surface area contributed by atoms with E-state index in [1.54, 1.807) is 10.7 Å². The number of pyridine rings is 1. The molecule has 5 rings (SSSR count). The van der Waals surface area contributed by atoms with Gasteiger partial charge in [0, 0.05) is 24.8 Å². The van der Waals surface area contributed by atoms with E-state index in [0.717, 1.165) is 46.6 Å². The first kappa shape index (κ1) is 15.3. The summed E-state index contributed by atoms with van der Waals surface area (Å²) in [6.07, 6.45) is 5.00. The van der Waals surface area contributed by atoms with Crippen molar-refractivity contribution in [2.24, 2.45) is 7.05 Å². The molecule has 4 aromatic heterocycles. The SMILES string of the molecule is Cc1nc2ccc(-c3ccn4nc(NC5CC(O)C5)ncc34)nc2n1C. The van der Waals surface area contributed by atoms with E-state index in [4.69, 9.17) is 4.98 Å². The fourth-order valence-corrected chi connectivity index (χ4v) is 3.40. The lowest BCUT2D eigenvalue weighted by Crippen LogP contribution is -2.39. The molecular formula is C18H19N7O. The van der Waals surface area contributed by atoms with Gasteiger partial charge in [-0.2, -0.15) is 0 Å². The summed E-state index contributed by atoms with van der Waals surface area (Å²) < 4.78 is 3.79. The van der Waals surface area contributed by atoms with Gasteiger partial charge in [0.05, 0.1) is 23.5 Å². The minimum absolute atomic E-state index is 0.203. The van der Waals surface area contributed by atoms with Crippen molar-refractivity contribution in [1.29, 1.82) is 0 Å². The number of nitrogens with one attached hydrogen (secondary N) is 1. The van der Waals surface area contributed by atoms with Crippen LogP contribution in [-0.2, 0) is 7.05 Å². The molecule has 0 aromatic carbocycles. The smallest absolute Gasteiger partial charge is 0.241 e. The van der Waals surface area contributed by atoms with Crippen LogP contribution in [-0.4, -0.2) is 46.4 Å². The molecule has 2 N–H and O–H groups in total. The van der Waals surface area contributed by atoms with Gasteiger partial charge in [-0.1, -0.05) is 0 Å². The zero-order valence-corrected chi connectivity index (χ0v) is 14.6. The summed E-state index contributed by atoms with van der Waals surface area (Å²) >= 11 is 0. The standard InChI is InChI=1S/C18H19N7O/c1-10-20-15-4-3-14(22-17(15)24(10)2)13-5-6-25-16(13)9-19-18(23-25)21-11-7-12(26)8-11/h3-6,9,11-12,26H,7-8H2,1-2H3,(H,21,23). The highest BCUT2D eigenvalue weighted by Gasteiger charge is 2.27. The summed E-state index contributed by atoms with van der Waals surface area (Å²) in [5, 5.41) is 17.2. The summed E-state index contributed by atoms with van der Waals surface area (Å²) in [6.45, 7) is 1.97. The molecule has 8 heteroatoms. The maximum atomic E-state index is 9.39. The number of aryl methyl sites for hydroxylation is 2. The molecule has 0 unspecified atom stereocenters. The fraction of sp³-hybridized carbons (Fsp3) is 0.333. The van der Waals surface area contributed by atoms with E-state index in [1.165, 1.54) is 0 Å². The molecule has 0 atom stereocenters. The van der Waals surface area contributed by atoms with Gasteiger partial charge in [-0.15, -0.1) is 5.10 Å². The Labute approximate surface area is 149 Å². The van der Waals surface area contributed by atoms with Crippen molar-refractivity contribution < 1.29 is 5.11 Å². The maximum Gasteiger partial charge on any atom is 0.241 e. The van der Waals surface area contributed by atoms with Gasteiger partial charge in [-0.05, 0) is 38.0 Å². The third kappa shape index (κ3) is 2.33. The van der Waals surface area contributed by atoms with Gasteiger partial charge in [0.2, 0.25) is 5.95 Å². The molecule has 0 radical (unpaired) electrons. The quantitative estimate of drug-likeness (QED) is 0.587. The Morgan fingerprint density at radius 3 is 2.85 bits per heavy atom. The minimum atomic E-state index is -0.203. The van der Waals surface area contributed by atoms with E-state index >= 15 is 0 Å². The Hall–Kier alpha value is -3.00. The van der Waals surface area contributed by atoms with E-state index in [2.05, 4.69) is 20.4 Å². The molecule has 4 aromatic rings. The number of nitrogens with zero attached hydrogens (tertiary/aromatic N) is 6. The largest absolute Gasteiger partial charge is 0.393 e. The third-order valence-corrected chi connectivity index (χ3v) is 5.08. The predicted molar refractivity (Wildman–Crippen MR) is 97.9 cm³/mol. The van der Waals surface area contributed by atoms with Gasteiger partial charge >= 0.3 is 0 Å². The highest BCUT2D eigenvalue weighted by atomic mass is 16.3. The van der Waals surface area contributed by atoms with Crippen LogP contribution in [0.2, 0.25) is 0 Å². The lowest BCUT2D eigenvalue weighted by Gasteiger charge is -2.31. The average Bonchev–Trinajstić information content (AvgIpc) is 3.14. The molecule has 0 saturated heterocycles. The van der Waals surface area contributed by atoms with Crippen molar-refractivity contribution in [3.05, 3.63) is 36.4 Å². The minimum Gasteiger partial charge on any atom is -0.393 e. The molecule has 132 valence electrons. The Balaban J connectivity index is 1.52. The molecule has 26 heavy (non-hydrogen) atoms. The highest BCUT2D eigenvalue weighted by Crippen LogP contribution is 2.27. The summed E-state index contributed by atoms with van der Waals surface area (Å²) in [5.41, 5.74) is 4.51. The van der Waals surface area contributed by atoms with Crippen LogP contribution in [0.4, 0.5) is 5.95 Å². The van der Waals surface area contributed by atoms with Crippen molar-refractivity contribution >= 4 is 22.6 Å². The Kier molecular flexibility index (Phi) is 3.23. The molecule has 0 bridgehead atoms. The summed E-state index contributed by atoms with van der Waals surface area (Å²) in [6, 6.07) is 6.21. The molecule has 1 saturated carbocycles. The normalized spacial score (nSPS) is 19.8. The van der Waals surface area contributed by atoms with Crippen LogP contribution in [0, 0.1) is 6.92 Å². The number of anilines is 1. The second-order valence-electron chi connectivity index (χ2n) is 6.86. The first-order valence-electron chi connectivity index (χ1n) is 8.68. The van der Waals surface area contributed by atoms with E-state index in [-0.39, 0.29) is 12.1 Å². The number of hydrogen-bond donors (Lipinski definition) is 2. The van der Waals surface area contributed by atoms with Gasteiger partial charge in [0.15, 0.2) is 5.65 Å². The number of aliphatic hydroxyl groups excluding tert-OH is 1. The lowest BCUT2D eigenvalue weighted by atomic mass is 9.90. The van der Waals surface area contributed by atoms with Gasteiger partial charge in [0.25, 0.3) is 0 Å². The van der Waals surface area contributed by atoms with Crippen LogP contribution in [0.3, 0.4) is 0 Å². The second-order valence-corrected chi connectivity index (χ2v) is 6.86. The molecular weight excluding hydrogens is 330 g/mol. The fourth-order valence-electron chi connectivity index (χ4n) is 3.40. The van der Waals surface area contributed by atoms with Crippen LogP contribution in [0.5, 0.6) is 0 Å². The first-order valence-corrected chi connectivity index (χ1v) is 8.68. The Morgan fingerprint density at radius 2 is 2.04 bits per heavy atom. The van der Waals surface area contributed by atoms with Crippen LogP contribution in [0.15, 0.2) is 30.6 Å². The van der Waals surface area contributed by atoms with E-state index in [1.807, 2.05) is 42.9 Å². The van der Waals surface area contributed by atoms with Gasteiger partial charge < -0.3 is 15.0 Å². The number of fused-ring (bicyclic) bond motifs is 2. The van der Waals surface area contributed by atoms with E-state index in [0.29, 0.717) is 5.95 Å². The number of imidazole rings is 1. The van der Waals surface area contributed by atoms with Gasteiger partial charge in [-0.3, -0.25) is 0 Å². The van der Waals surface area contributed by atoms with Gasteiger partial charge in [0.1, 0.15) is 11.3 Å². The maximum absolute atomic E-state index is 9.39. The number of aromatic nitrogens is 6. The second kappa shape index (κ2) is 5.50. The Morgan fingerprint density at radius 1 is 1.19 bits per heavy atom. The third-order valence-electron chi connectivity index (χ3n) is 5.08. The van der Waals surface area contributed by atoms with Crippen LogP contribution in [0.1, 0.15) is 18.7 Å². The van der Waals surface area contributed by atoms with E-state index in [9.17, 15) is 5.11 Å². The summed E-state index contributed by atoms with van der Waals surface area (Å²) in [7, 11) is 1.97. The zero-order chi connectivity index (χ0) is 17.8. The monoisotopic (exact) mass is 349 g/mol. The zero-order valence-electron chi connectivity index (χ0n) is 14.6. The average molecular weight is 349 g/mol. The number of hydrogen-bond acceptors (Lipinski definition) is 6. The number of aliphatic hydroxyl groups is 1. The molecule has 1 aliphatic rings. The summed E-state index contributed by atoms with van der Waals surface area (Å²) in [4.78, 5) is 13.7. The number of rotatable bonds is 3. The molecule has 0 amide bonds. The van der Waals surface area contributed by atoms with E-state index < -0.39 is 0 Å². The molecule has 0 aliphatic heterocycles. The van der Waals surface area contributed by atoms with Crippen LogP contribution >= 0.6 is 0 Å². The highest BCUT2D eigenvalue weighted by molar-refractivity contribution is 5.82. The van der Waals surface area contributed by atoms with Crippen molar-refractivity contribution in [2.45, 2.75) is 31.9 Å². The van der Waals surface area contributed by atoms with Crippen molar-refractivity contribution in [2.75, 3.05) is 5.32 Å². The molecule has 1 aliphatic carbocycles. The Bertz CT molecular complexity index is 1120. The van der Waals surface area contributed by atoms with Crippen molar-refractivity contribution in [1.82, 2.24) is 29.1 Å². The predicted octanol–water partition coefficient (Wildman–Crippen LogP) is 1.92. The van der Waals surface area contributed by atoms with Crippen molar-refractivity contribution in [3.8, 4) is 11.3 Å².